The number of aromatic nitrogens is 2. The molecule has 0 bridgehead atoms. The van der Waals surface area contributed by atoms with Crippen LogP contribution in [0.25, 0.3) is 0 Å². The Morgan fingerprint density at radius 1 is 1.13 bits per heavy atom. The zero-order chi connectivity index (χ0) is 29.0. The third-order valence-electron chi connectivity index (χ3n) is 6.35. The van der Waals surface area contributed by atoms with Crippen molar-refractivity contribution in [3.05, 3.63) is 35.2 Å². The average Bonchev–Trinajstić information content (AvgIpc) is 3.50. The van der Waals surface area contributed by atoms with E-state index >= 15 is 0 Å². The summed E-state index contributed by atoms with van der Waals surface area (Å²) in [4.78, 5) is 45.9. The van der Waals surface area contributed by atoms with Gasteiger partial charge in [0.1, 0.15) is 23.4 Å². The van der Waals surface area contributed by atoms with Gasteiger partial charge in [-0.05, 0) is 64.9 Å². The number of esters is 1. The summed E-state index contributed by atoms with van der Waals surface area (Å²) in [5, 5.41) is 6.92. The molecule has 10 heteroatoms. The highest BCUT2D eigenvalue weighted by Gasteiger charge is 2.40. The first kappa shape index (κ1) is 30.4. The fourth-order valence-corrected chi connectivity index (χ4v) is 4.53. The van der Waals surface area contributed by atoms with Gasteiger partial charge in [0.05, 0.1) is 5.57 Å². The maximum Gasteiger partial charge on any atom is 0.329 e. The van der Waals surface area contributed by atoms with E-state index in [1.807, 2.05) is 46.8 Å². The van der Waals surface area contributed by atoms with Crippen molar-refractivity contribution in [2.45, 2.75) is 117 Å². The van der Waals surface area contributed by atoms with Gasteiger partial charge in [0.25, 0.3) is 5.91 Å². The molecule has 2 aliphatic rings. The van der Waals surface area contributed by atoms with Crippen molar-refractivity contribution in [1.29, 1.82) is 0 Å². The van der Waals surface area contributed by atoms with Gasteiger partial charge in [-0.15, -0.1) is 0 Å². The van der Waals surface area contributed by atoms with Gasteiger partial charge in [0, 0.05) is 12.0 Å². The molecular formula is C29H44N4O6. The van der Waals surface area contributed by atoms with Crippen LogP contribution < -0.4 is 5.32 Å². The Morgan fingerprint density at radius 2 is 1.82 bits per heavy atom. The van der Waals surface area contributed by atoms with E-state index in [0.29, 0.717) is 55.3 Å². The predicted molar refractivity (Wildman–Crippen MR) is 145 cm³/mol. The number of carbonyl (C=O) groups is 3. The number of allylic oxidation sites excluding steroid dienone is 2. The molecule has 216 valence electrons. The second-order valence-corrected chi connectivity index (χ2v) is 12.7. The molecular weight excluding hydrogens is 500 g/mol. The van der Waals surface area contributed by atoms with Crippen molar-refractivity contribution >= 4 is 17.8 Å². The Labute approximate surface area is 231 Å². The van der Waals surface area contributed by atoms with Crippen molar-refractivity contribution < 1.29 is 28.4 Å². The summed E-state index contributed by atoms with van der Waals surface area (Å²) in [6, 6.07) is -1.43. The summed E-state index contributed by atoms with van der Waals surface area (Å²) in [5.41, 5.74) is -0.561. The molecule has 0 aromatic carbocycles. The smallest absolute Gasteiger partial charge is 0.329 e. The van der Waals surface area contributed by atoms with Crippen LogP contribution in [0.15, 0.2) is 28.0 Å². The number of nitrogens with zero attached hydrogens (tertiary/aromatic N) is 3. The van der Waals surface area contributed by atoms with Crippen molar-refractivity contribution in [2.24, 2.45) is 5.92 Å². The minimum absolute atomic E-state index is 0.0513. The molecule has 0 unspecified atom stereocenters. The molecule has 1 aromatic rings. The van der Waals surface area contributed by atoms with E-state index in [9.17, 15) is 14.4 Å². The summed E-state index contributed by atoms with van der Waals surface area (Å²) >= 11 is 0. The van der Waals surface area contributed by atoms with E-state index < -0.39 is 29.6 Å². The number of rotatable bonds is 9. The first-order chi connectivity index (χ1) is 18.2. The molecule has 1 fully saturated rings. The monoisotopic (exact) mass is 544 g/mol. The lowest BCUT2D eigenvalue weighted by molar-refractivity contribution is -0.163. The van der Waals surface area contributed by atoms with Crippen LogP contribution in [-0.4, -0.2) is 57.1 Å². The molecule has 1 aromatic heterocycles. The van der Waals surface area contributed by atoms with Gasteiger partial charge >= 0.3 is 5.97 Å². The molecule has 0 radical (unpaired) electrons. The van der Waals surface area contributed by atoms with Crippen LogP contribution in [0.4, 0.5) is 0 Å². The third kappa shape index (κ3) is 8.41. The molecule has 10 nitrogen and oxygen atoms in total. The zero-order valence-corrected chi connectivity index (χ0v) is 24.6. The number of amides is 2. The summed E-state index contributed by atoms with van der Waals surface area (Å²) in [6.45, 7) is 15.8. The Balaban J connectivity index is 1.70. The highest BCUT2D eigenvalue weighted by Crippen LogP contribution is 2.26. The number of ether oxygens (including phenoxy) is 2. The van der Waals surface area contributed by atoms with E-state index in [1.165, 1.54) is 0 Å². The van der Waals surface area contributed by atoms with Crippen molar-refractivity contribution in [2.75, 3.05) is 6.54 Å². The topological polar surface area (TPSA) is 124 Å². The molecule has 1 N–H and O–H groups in total. The van der Waals surface area contributed by atoms with Crippen LogP contribution in [0.3, 0.4) is 0 Å². The SMILES string of the molecule is CC(C)C[C@@H](NC(=O)C1=CCCC=C1OCc1noc(C(C)(C)C)n1)C(=O)N1CCC[C@@H]1C(=O)OC(C)(C)C. The summed E-state index contributed by atoms with van der Waals surface area (Å²) in [5.74, 6) is 0.391. The molecule has 2 heterocycles. The first-order valence-electron chi connectivity index (χ1n) is 13.9. The van der Waals surface area contributed by atoms with Crippen molar-refractivity contribution in [3.63, 3.8) is 0 Å². The van der Waals surface area contributed by atoms with Crippen LogP contribution in [0.5, 0.6) is 0 Å². The van der Waals surface area contributed by atoms with E-state index in [1.54, 1.807) is 25.7 Å². The molecule has 1 saturated heterocycles. The Morgan fingerprint density at radius 3 is 2.44 bits per heavy atom. The maximum atomic E-state index is 13.7. The van der Waals surface area contributed by atoms with E-state index in [2.05, 4.69) is 15.5 Å². The Kier molecular flexibility index (Phi) is 9.61. The van der Waals surface area contributed by atoms with Gasteiger partial charge < -0.3 is 24.2 Å². The molecule has 1 aliphatic heterocycles. The van der Waals surface area contributed by atoms with Crippen molar-refractivity contribution in [3.8, 4) is 0 Å². The highest BCUT2D eigenvalue weighted by atomic mass is 16.6. The van der Waals surface area contributed by atoms with Gasteiger partial charge in [-0.2, -0.15) is 4.98 Å². The van der Waals surface area contributed by atoms with Crippen molar-refractivity contribution in [1.82, 2.24) is 20.4 Å². The Bertz CT molecular complexity index is 1110. The number of likely N-dealkylation sites (tertiary alicyclic amines) is 1. The van der Waals surface area contributed by atoms with E-state index in [0.717, 1.165) is 6.42 Å². The quantitative estimate of drug-likeness (QED) is 0.455. The molecule has 2 amide bonds. The summed E-state index contributed by atoms with van der Waals surface area (Å²) in [7, 11) is 0. The molecule has 0 saturated carbocycles. The lowest BCUT2D eigenvalue weighted by Gasteiger charge is -2.31. The molecule has 3 rings (SSSR count). The van der Waals surface area contributed by atoms with Crippen LogP contribution in [0.2, 0.25) is 0 Å². The lowest BCUT2D eigenvalue weighted by atomic mass is 9.97. The van der Waals surface area contributed by atoms with Crippen LogP contribution in [0, 0.1) is 5.92 Å². The fraction of sp³-hybridized carbons (Fsp3) is 0.690. The number of carbonyl (C=O) groups excluding carboxylic acids is 3. The van der Waals surface area contributed by atoms with E-state index in [4.69, 9.17) is 14.0 Å². The summed E-state index contributed by atoms with van der Waals surface area (Å²) in [6.07, 6.45) is 6.77. The van der Waals surface area contributed by atoms with Gasteiger partial charge in [0.2, 0.25) is 17.6 Å². The minimum Gasteiger partial charge on any atom is -0.485 e. The van der Waals surface area contributed by atoms with Gasteiger partial charge in [0.15, 0.2) is 6.61 Å². The number of hydrogen-bond acceptors (Lipinski definition) is 8. The normalized spacial score (nSPS) is 18.9. The second kappa shape index (κ2) is 12.3. The average molecular weight is 545 g/mol. The summed E-state index contributed by atoms with van der Waals surface area (Å²) < 4.78 is 16.8. The van der Waals surface area contributed by atoms with E-state index in [-0.39, 0.29) is 23.8 Å². The second-order valence-electron chi connectivity index (χ2n) is 12.7. The molecule has 0 spiro atoms. The maximum absolute atomic E-state index is 13.7. The zero-order valence-electron chi connectivity index (χ0n) is 24.6. The lowest BCUT2D eigenvalue weighted by Crippen LogP contribution is -2.53. The number of nitrogens with one attached hydrogen (secondary N) is 1. The largest absolute Gasteiger partial charge is 0.485 e. The molecule has 2 atom stereocenters. The fourth-order valence-electron chi connectivity index (χ4n) is 4.53. The van der Waals surface area contributed by atoms with Crippen LogP contribution >= 0.6 is 0 Å². The molecule has 1 aliphatic carbocycles. The van der Waals surface area contributed by atoms with Gasteiger partial charge in [-0.25, -0.2) is 4.79 Å². The van der Waals surface area contributed by atoms with Gasteiger partial charge in [-0.1, -0.05) is 45.9 Å². The number of hydrogen-bond donors (Lipinski definition) is 1. The van der Waals surface area contributed by atoms with Crippen LogP contribution in [0.1, 0.15) is 99.2 Å². The minimum atomic E-state index is -0.781. The Hall–Kier alpha value is -3.17. The van der Waals surface area contributed by atoms with Gasteiger partial charge in [-0.3, -0.25) is 9.59 Å². The molecule has 39 heavy (non-hydrogen) atoms. The predicted octanol–water partition coefficient (Wildman–Crippen LogP) is 4.35. The standard InChI is InChI=1S/C29H44N4O6/c1-18(2)16-20(25(35)33-15-11-13-21(33)26(36)38-29(6,7)8)30-24(34)19-12-9-10-14-22(19)37-17-23-31-27(39-32-23)28(3,4)5/h12,14,18,20-21H,9-11,13,15-17H2,1-8H3,(H,30,34)/t20-,21-/m1/s1. The third-order valence-corrected chi connectivity index (χ3v) is 6.35. The highest BCUT2D eigenvalue weighted by molar-refractivity contribution is 6.00. The van der Waals surface area contributed by atoms with Crippen LogP contribution in [-0.2, 0) is 35.9 Å². The first-order valence-corrected chi connectivity index (χ1v) is 13.9.